The first kappa shape index (κ1) is 15.4. The van der Waals surface area contributed by atoms with E-state index < -0.39 is 0 Å². The predicted octanol–water partition coefficient (Wildman–Crippen LogP) is 2.03. The molecule has 1 aromatic rings. The maximum absolute atomic E-state index is 13.4. The Morgan fingerprint density at radius 3 is 2.75 bits per heavy atom. The highest BCUT2D eigenvalue weighted by Crippen LogP contribution is 2.23. The third-order valence-electron chi connectivity index (χ3n) is 4.42. The normalized spacial score (nSPS) is 22.9. The molecule has 4 heteroatoms. The predicted molar refractivity (Wildman–Crippen MR) is 81.5 cm³/mol. The number of nitrogens with one attached hydrogen (secondary N) is 1. The van der Waals surface area contributed by atoms with Crippen LogP contribution in [-0.2, 0) is 0 Å². The van der Waals surface area contributed by atoms with Gasteiger partial charge in [0.25, 0.3) is 0 Å². The van der Waals surface area contributed by atoms with Crippen molar-refractivity contribution in [2.24, 2.45) is 0 Å². The number of benzene rings is 1. The molecule has 3 nitrogen and oxygen atoms in total. The topological polar surface area (TPSA) is 18.5 Å². The highest BCUT2D eigenvalue weighted by atomic mass is 19.1. The van der Waals surface area contributed by atoms with E-state index in [0.717, 1.165) is 31.6 Å². The van der Waals surface area contributed by atoms with Gasteiger partial charge in [-0.2, -0.15) is 0 Å². The SMILES string of the molecule is CNC(CC1CN(C)CCN1C)c1ccc(F)c(C)c1. The van der Waals surface area contributed by atoms with Gasteiger partial charge in [0, 0.05) is 31.7 Å². The molecule has 0 bridgehead atoms. The molecule has 1 saturated heterocycles. The number of piperazine rings is 1. The maximum atomic E-state index is 13.4. The third kappa shape index (κ3) is 3.57. The molecule has 2 unspecified atom stereocenters. The molecule has 1 heterocycles. The van der Waals surface area contributed by atoms with Crippen molar-refractivity contribution in [3.8, 4) is 0 Å². The fourth-order valence-corrected chi connectivity index (χ4v) is 2.93. The standard InChI is InChI=1S/C16H26FN3/c1-12-9-13(5-6-15(12)17)16(18-2)10-14-11-19(3)7-8-20(14)4/h5-6,9,14,16,18H,7-8,10-11H2,1-4H3. The fourth-order valence-electron chi connectivity index (χ4n) is 2.93. The second kappa shape index (κ2) is 6.66. The number of rotatable bonds is 4. The molecule has 1 aliphatic rings. The number of aryl methyl sites for hydroxylation is 1. The average molecular weight is 279 g/mol. The van der Waals surface area contributed by atoms with E-state index in [0.29, 0.717) is 6.04 Å². The summed E-state index contributed by atoms with van der Waals surface area (Å²) in [6.07, 6.45) is 1.04. The van der Waals surface area contributed by atoms with E-state index in [1.54, 1.807) is 6.07 Å². The second-order valence-corrected chi connectivity index (χ2v) is 5.98. The monoisotopic (exact) mass is 279 g/mol. The average Bonchev–Trinajstić information content (AvgIpc) is 2.43. The van der Waals surface area contributed by atoms with Crippen molar-refractivity contribution < 1.29 is 4.39 Å². The summed E-state index contributed by atoms with van der Waals surface area (Å²) in [7, 11) is 6.35. The van der Waals surface area contributed by atoms with Gasteiger partial charge < -0.3 is 15.1 Å². The van der Waals surface area contributed by atoms with E-state index in [9.17, 15) is 4.39 Å². The van der Waals surface area contributed by atoms with E-state index in [-0.39, 0.29) is 11.9 Å². The fraction of sp³-hybridized carbons (Fsp3) is 0.625. The highest BCUT2D eigenvalue weighted by molar-refractivity contribution is 5.26. The molecule has 1 fully saturated rings. The summed E-state index contributed by atoms with van der Waals surface area (Å²) < 4.78 is 13.4. The van der Waals surface area contributed by atoms with Crippen LogP contribution in [0, 0.1) is 12.7 Å². The summed E-state index contributed by atoms with van der Waals surface area (Å²) >= 11 is 0. The Labute approximate surface area is 121 Å². The molecular weight excluding hydrogens is 253 g/mol. The van der Waals surface area contributed by atoms with Crippen LogP contribution in [0.2, 0.25) is 0 Å². The van der Waals surface area contributed by atoms with Crippen LogP contribution < -0.4 is 5.32 Å². The Balaban J connectivity index is 2.09. The molecule has 0 radical (unpaired) electrons. The summed E-state index contributed by atoms with van der Waals surface area (Å²) in [6, 6.07) is 6.25. The van der Waals surface area contributed by atoms with E-state index in [2.05, 4.69) is 29.2 Å². The van der Waals surface area contributed by atoms with Crippen molar-refractivity contribution in [3.63, 3.8) is 0 Å². The first-order chi connectivity index (χ1) is 9.51. The Morgan fingerprint density at radius 2 is 2.10 bits per heavy atom. The summed E-state index contributed by atoms with van der Waals surface area (Å²) in [5, 5.41) is 3.38. The highest BCUT2D eigenvalue weighted by Gasteiger charge is 2.25. The largest absolute Gasteiger partial charge is 0.313 e. The van der Waals surface area contributed by atoms with Gasteiger partial charge in [-0.15, -0.1) is 0 Å². The molecule has 2 rings (SSSR count). The van der Waals surface area contributed by atoms with E-state index in [4.69, 9.17) is 0 Å². The molecule has 0 aromatic heterocycles. The molecular formula is C16H26FN3. The molecule has 2 atom stereocenters. The van der Waals surface area contributed by atoms with Crippen molar-refractivity contribution in [1.29, 1.82) is 0 Å². The molecule has 112 valence electrons. The molecule has 0 amide bonds. The number of likely N-dealkylation sites (N-methyl/N-ethyl adjacent to an activating group) is 2. The molecule has 1 aliphatic heterocycles. The van der Waals surface area contributed by atoms with E-state index in [1.165, 1.54) is 5.56 Å². The van der Waals surface area contributed by atoms with Crippen LogP contribution in [0.5, 0.6) is 0 Å². The maximum Gasteiger partial charge on any atom is 0.126 e. The van der Waals surface area contributed by atoms with Gasteiger partial charge in [-0.1, -0.05) is 12.1 Å². The first-order valence-corrected chi connectivity index (χ1v) is 7.33. The van der Waals surface area contributed by atoms with Crippen LogP contribution in [0.1, 0.15) is 23.6 Å². The van der Waals surface area contributed by atoms with Crippen LogP contribution >= 0.6 is 0 Å². The Bertz CT molecular complexity index is 449. The van der Waals surface area contributed by atoms with Crippen molar-refractivity contribution in [3.05, 3.63) is 35.1 Å². The van der Waals surface area contributed by atoms with Gasteiger partial charge in [-0.3, -0.25) is 0 Å². The van der Waals surface area contributed by atoms with Crippen LogP contribution in [0.25, 0.3) is 0 Å². The van der Waals surface area contributed by atoms with E-state index >= 15 is 0 Å². The zero-order valence-electron chi connectivity index (χ0n) is 13.0. The first-order valence-electron chi connectivity index (χ1n) is 7.33. The molecule has 20 heavy (non-hydrogen) atoms. The van der Waals surface area contributed by atoms with Gasteiger partial charge in [0.2, 0.25) is 0 Å². The lowest BCUT2D eigenvalue weighted by atomic mass is 9.96. The van der Waals surface area contributed by atoms with Gasteiger partial charge in [-0.05, 0) is 51.7 Å². The zero-order valence-corrected chi connectivity index (χ0v) is 13.0. The van der Waals surface area contributed by atoms with Crippen LogP contribution in [0.3, 0.4) is 0 Å². The summed E-state index contributed by atoms with van der Waals surface area (Å²) in [4.78, 5) is 4.81. The lowest BCUT2D eigenvalue weighted by Gasteiger charge is -2.39. The minimum Gasteiger partial charge on any atom is -0.313 e. The molecule has 1 aromatic carbocycles. The molecule has 0 aliphatic carbocycles. The quantitative estimate of drug-likeness (QED) is 0.910. The summed E-state index contributed by atoms with van der Waals surface area (Å²) in [5.74, 6) is -0.127. The summed E-state index contributed by atoms with van der Waals surface area (Å²) in [5.41, 5.74) is 1.89. The molecule has 0 spiro atoms. The van der Waals surface area contributed by atoms with Crippen LogP contribution in [-0.4, -0.2) is 56.6 Å². The lowest BCUT2D eigenvalue weighted by molar-refractivity contribution is 0.102. The van der Waals surface area contributed by atoms with Crippen molar-refractivity contribution in [2.75, 3.05) is 40.8 Å². The van der Waals surface area contributed by atoms with Gasteiger partial charge in [0.1, 0.15) is 5.82 Å². The molecule has 1 N–H and O–H groups in total. The van der Waals surface area contributed by atoms with Crippen LogP contribution in [0.4, 0.5) is 4.39 Å². The number of hydrogen-bond acceptors (Lipinski definition) is 3. The summed E-state index contributed by atoms with van der Waals surface area (Å²) in [6.45, 7) is 5.16. The van der Waals surface area contributed by atoms with Crippen LogP contribution in [0.15, 0.2) is 18.2 Å². The minimum atomic E-state index is -0.127. The number of nitrogens with zero attached hydrogens (tertiary/aromatic N) is 2. The van der Waals surface area contributed by atoms with E-state index in [1.807, 2.05) is 26.1 Å². The molecule has 0 saturated carbocycles. The van der Waals surface area contributed by atoms with Crippen molar-refractivity contribution >= 4 is 0 Å². The lowest BCUT2D eigenvalue weighted by Crippen LogP contribution is -2.50. The van der Waals surface area contributed by atoms with Gasteiger partial charge in [0.15, 0.2) is 0 Å². The zero-order chi connectivity index (χ0) is 14.7. The van der Waals surface area contributed by atoms with Crippen molar-refractivity contribution in [2.45, 2.75) is 25.4 Å². The van der Waals surface area contributed by atoms with Crippen molar-refractivity contribution in [1.82, 2.24) is 15.1 Å². The van der Waals surface area contributed by atoms with Gasteiger partial charge >= 0.3 is 0 Å². The Hall–Kier alpha value is -0.970. The smallest absolute Gasteiger partial charge is 0.126 e. The minimum absolute atomic E-state index is 0.127. The Kier molecular flexibility index (Phi) is 5.13. The number of hydrogen-bond donors (Lipinski definition) is 1. The Morgan fingerprint density at radius 1 is 1.35 bits per heavy atom. The van der Waals surface area contributed by atoms with Gasteiger partial charge in [0.05, 0.1) is 0 Å². The third-order valence-corrected chi connectivity index (χ3v) is 4.42. The second-order valence-electron chi connectivity index (χ2n) is 5.98. The number of halogens is 1. The van der Waals surface area contributed by atoms with Gasteiger partial charge in [-0.25, -0.2) is 4.39 Å².